The number of nitrogens with zero attached hydrogens (tertiary/aromatic N) is 1. The summed E-state index contributed by atoms with van der Waals surface area (Å²) in [4.78, 5) is 12.0. The molecule has 1 aliphatic carbocycles. The molecule has 3 rings (SSSR count). The minimum absolute atomic E-state index is 0.0135. The van der Waals surface area contributed by atoms with Gasteiger partial charge in [-0.25, -0.2) is 4.39 Å². The Balaban J connectivity index is 1.93. The maximum atomic E-state index is 14.0. The number of benzene rings is 1. The first-order valence-electron chi connectivity index (χ1n) is 8.47. The Hall–Kier alpha value is -1.87. The summed E-state index contributed by atoms with van der Waals surface area (Å²) >= 11 is 0. The van der Waals surface area contributed by atoms with Crippen LogP contribution in [0.2, 0.25) is 0 Å². The SMILES string of the molecule is Cc1cc(-c2cc(N)ccc2OC2CCC(F)(P)CC2)cn(C)c1=O. The highest BCUT2D eigenvalue weighted by Gasteiger charge is 2.32. The third-order valence-corrected chi connectivity index (χ3v) is 5.31. The van der Waals surface area contributed by atoms with Gasteiger partial charge in [0, 0.05) is 35.6 Å². The summed E-state index contributed by atoms with van der Waals surface area (Å²) in [5, 5.41) is -1.17. The number of halogens is 1. The maximum Gasteiger partial charge on any atom is 0.253 e. The number of aryl methyl sites for hydroxylation is 2. The van der Waals surface area contributed by atoms with Gasteiger partial charge in [0.05, 0.1) is 6.10 Å². The van der Waals surface area contributed by atoms with Gasteiger partial charge < -0.3 is 15.0 Å². The number of ether oxygens (including phenoxy) is 1. The van der Waals surface area contributed by atoms with Crippen LogP contribution in [0.4, 0.5) is 10.1 Å². The van der Waals surface area contributed by atoms with E-state index in [-0.39, 0.29) is 11.7 Å². The van der Waals surface area contributed by atoms with Crippen molar-refractivity contribution < 1.29 is 9.13 Å². The van der Waals surface area contributed by atoms with Crippen molar-refractivity contribution in [3.05, 3.63) is 46.4 Å². The average molecular weight is 362 g/mol. The van der Waals surface area contributed by atoms with Crippen LogP contribution in [-0.2, 0) is 7.05 Å². The topological polar surface area (TPSA) is 57.2 Å². The van der Waals surface area contributed by atoms with Crippen LogP contribution in [0.1, 0.15) is 31.2 Å². The molecule has 25 heavy (non-hydrogen) atoms. The van der Waals surface area contributed by atoms with E-state index < -0.39 is 5.41 Å². The summed E-state index contributed by atoms with van der Waals surface area (Å²) < 4.78 is 21.7. The van der Waals surface area contributed by atoms with Crippen molar-refractivity contribution in [3.8, 4) is 16.9 Å². The van der Waals surface area contributed by atoms with Crippen molar-refractivity contribution in [2.75, 3.05) is 5.73 Å². The van der Waals surface area contributed by atoms with Crippen molar-refractivity contribution in [2.45, 2.75) is 44.1 Å². The second kappa shape index (κ2) is 6.80. The number of alkyl halides is 1. The Bertz CT molecular complexity index is 812. The average Bonchev–Trinajstić information content (AvgIpc) is 2.55. The summed E-state index contributed by atoms with van der Waals surface area (Å²) in [6.45, 7) is 1.79. The lowest BCUT2D eigenvalue weighted by molar-refractivity contribution is 0.0983. The molecule has 1 fully saturated rings. The molecule has 1 heterocycles. The maximum absolute atomic E-state index is 14.0. The van der Waals surface area contributed by atoms with Gasteiger partial charge in [0.1, 0.15) is 11.2 Å². The summed E-state index contributed by atoms with van der Waals surface area (Å²) in [5.74, 6) is 0.715. The second-order valence-electron chi connectivity index (χ2n) is 6.94. The first-order valence-corrected chi connectivity index (χ1v) is 9.04. The van der Waals surface area contributed by atoms with Gasteiger partial charge in [0.25, 0.3) is 5.56 Å². The van der Waals surface area contributed by atoms with Crippen LogP contribution >= 0.6 is 9.24 Å². The Labute approximate surface area is 149 Å². The van der Waals surface area contributed by atoms with E-state index in [1.165, 1.54) is 0 Å². The number of nitrogen functional groups attached to an aromatic ring is 1. The molecule has 0 saturated heterocycles. The Morgan fingerprint density at radius 2 is 2.00 bits per heavy atom. The minimum atomic E-state index is -1.17. The number of aromatic nitrogens is 1. The number of anilines is 1. The van der Waals surface area contributed by atoms with E-state index in [1.807, 2.05) is 18.2 Å². The number of hydrogen-bond acceptors (Lipinski definition) is 3. The van der Waals surface area contributed by atoms with E-state index in [4.69, 9.17) is 10.5 Å². The lowest BCUT2D eigenvalue weighted by atomic mass is 9.95. The van der Waals surface area contributed by atoms with E-state index in [0.29, 0.717) is 42.7 Å². The summed E-state index contributed by atoms with van der Waals surface area (Å²) in [6, 6.07) is 7.35. The van der Waals surface area contributed by atoms with Crippen LogP contribution < -0.4 is 16.0 Å². The van der Waals surface area contributed by atoms with Crippen LogP contribution in [0.25, 0.3) is 11.1 Å². The first kappa shape index (κ1) is 17.9. The van der Waals surface area contributed by atoms with Gasteiger partial charge in [-0.1, -0.05) is 9.24 Å². The van der Waals surface area contributed by atoms with Crippen LogP contribution in [-0.4, -0.2) is 16.1 Å². The molecule has 4 nitrogen and oxygen atoms in total. The molecule has 2 N–H and O–H groups in total. The smallest absolute Gasteiger partial charge is 0.253 e. The van der Waals surface area contributed by atoms with Gasteiger partial charge in [-0.3, -0.25) is 4.79 Å². The lowest BCUT2D eigenvalue weighted by Gasteiger charge is -2.31. The molecule has 1 aliphatic rings. The first-order chi connectivity index (χ1) is 11.7. The summed E-state index contributed by atoms with van der Waals surface area (Å²) in [7, 11) is 4.04. The summed E-state index contributed by atoms with van der Waals surface area (Å²) in [6.07, 6.45) is 4.08. The molecule has 1 atom stereocenters. The minimum Gasteiger partial charge on any atom is -0.490 e. The van der Waals surface area contributed by atoms with Crippen molar-refractivity contribution in [1.29, 1.82) is 0 Å². The van der Waals surface area contributed by atoms with Crippen LogP contribution in [0, 0.1) is 6.92 Å². The number of nitrogens with two attached hydrogens (primary N) is 1. The molecule has 0 amide bonds. The van der Waals surface area contributed by atoms with E-state index in [0.717, 1.165) is 11.1 Å². The zero-order valence-corrected chi connectivity index (χ0v) is 15.7. The predicted octanol–water partition coefficient (Wildman–Crippen LogP) is 3.81. The van der Waals surface area contributed by atoms with Gasteiger partial charge in [-0.15, -0.1) is 0 Å². The molecule has 0 spiro atoms. The fourth-order valence-electron chi connectivity index (χ4n) is 3.27. The van der Waals surface area contributed by atoms with E-state index in [2.05, 4.69) is 9.24 Å². The molecular weight excluding hydrogens is 338 g/mol. The molecule has 6 heteroatoms. The molecule has 0 bridgehead atoms. The molecule has 0 radical (unpaired) electrons. The quantitative estimate of drug-likeness (QED) is 0.667. The monoisotopic (exact) mass is 362 g/mol. The van der Waals surface area contributed by atoms with Gasteiger partial charge in [0.2, 0.25) is 0 Å². The third kappa shape index (κ3) is 4.04. The molecular formula is C19H24FN2O2P. The number of rotatable bonds is 3. The molecule has 1 aromatic heterocycles. The van der Waals surface area contributed by atoms with Crippen molar-refractivity contribution in [2.24, 2.45) is 7.05 Å². The Morgan fingerprint density at radius 1 is 1.32 bits per heavy atom. The standard InChI is InChI=1S/C19H24FN2O2P/c1-12-9-13(11-22(2)18(12)23)16-10-14(21)3-4-17(16)24-15-5-7-19(20,25)8-6-15/h3-4,9-11,15H,5-8,21,25H2,1-2H3. The second-order valence-corrected chi connectivity index (χ2v) is 7.97. The molecule has 134 valence electrons. The van der Waals surface area contributed by atoms with Crippen LogP contribution in [0.15, 0.2) is 35.3 Å². The van der Waals surface area contributed by atoms with Gasteiger partial charge in [-0.05, 0) is 56.9 Å². The lowest BCUT2D eigenvalue weighted by Crippen LogP contribution is -2.29. The Morgan fingerprint density at radius 3 is 2.64 bits per heavy atom. The molecule has 1 unspecified atom stereocenters. The van der Waals surface area contributed by atoms with Crippen LogP contribution in [0.3, 0.4) is 0 Å². The van der Waals surface area contributed by atoms with Crippen molar-refractivity contribution in [1.82, 2.24) is 4.57 Å². The van der Waals surface area contributed by atoms with Gasteiger partial charge in [0.15, 0.2) is 0 Å². The molecule has 1 saturated carbocycles. The highest BCUT2D eigenvalue weighted by molar-refractivity contribution is 7.18. The van der Waals surface area contributed by atoms with E-state index >= 15 is 0 Å². The van der Waals surface area contributed by atoms with Crippen LogP contribution in [0.5, 0.6) is 5.75 Å². The fourth-order valence-corrected chi connectivity index (χ4v) is 3.60. The fraction of sp³-hybridized carbons (Fsp3) is 0.421. The highest BCUT2D eigenvalue weighted by atomic mass is 31.0. The predicted molar refractivity (Wildman–Crippen MR) is 103 cm³/mol. The zero-order valence-electron chi connectivity index (χ0n) is 14.6. The number of pyridine rings is 1. The van der Waals surface area contributed by atoms with E-state index in [1.54, 1.807) is 30.8 Å². The van der Waals surface area contributed by atoms with Crippen molar-refractivity contribution in [3.63, 3.8) is 0 Å². The highest BCUT2D eigenvalue weighted by Crippen LogP contribution is 2.40. The largest absolute Gasteiger partial charge is 0.490 e. The third-order valence-electron chi connectivity index (χ3n) is 4.73. The molecule has 1 aromatic carbocycles. The molecule has 2 aromatic rings. The van der Waals surface area contributed by atoms with Gasteiger partial charge in [-0.2, -0.15) is 0 Å². The number of hydrogen-bond donors (Lipinski definition) is 1. The Kier molecular flexibility index (Phi) is 4.88. The van der Waals surface area contributed by atoms with E-state index in [9.17, 15) is 9.18 Å². The molecule has 0 aliphatic heterocycles. The summed E-state index contributed by atoms with van der Waals surface area (Å²) in [5.41, 5.74) is 8.96. The van der Waals surface area contributed by atoms with Gasteiger partial charge >= 0.3 is 0 Å². The normalized spacial score (nSPS) is 23.4. The van der Waals surface area contributed by atoms with Crippen molar-refractivity contribution >= 4 is 14.9 Å². The zero-order chi connectivity index (χ0) is 18.2.